The van der Waals surface area contributed by atoms with E-state index in [1.807, 2.05) is 0 Å². The second-order valence-corrected chi connectivity index (χ2v) is 6.20. The van der Waals surface area contributed by atoms with Crippen LogP contribution in [-0.4, -0.2) is 24.8 Å². The second-order valence-electron chi connectivity index (χ2n) is 6.20. The molecule has 1 saturated carbocycles. The van der Waals surface area contributed by atoms with Gasteiger partial charge in [-0.1, -0.05) is 20.3 Å². The monoisotopic (exact) mass is 242 g/mol. The number of ether oxygens (including phenoxy) is 1. The van der Waals surface area contributed by atoms with Crippen LogP contribution in [0.2, 0.25) is 0 Å². The highest BCUT2D eigenvalue weighted by Crippen LogP contribution is 2.47. The Hall–Kier alpha value is -0.570. The molecule has 0 aromatic heterocycles. The molecule has 1 aliphatic carbocycles. The number of carbonyl (C=O) groups is 1. The normalized spacial score (nSPS) is 22.3. The lowest BCUT2D eigenvalue weighted by atomic mass is 9.63. The zero-order valence-electron chi connectivity index (χ0n) is 11.4. The molecule has 1 aliphatic rings. The lowest BCUT2D eigenvalue weighted by Gasteiger charge is -2.41. The molecule has 0 bridgehead atoms. The molecule has 0 radical (unpaired) electrons. The maximum Gasteiger partial charge on any atom is 0.309 e. The van der Waals surface area contributed by atoms with Gasteiger partial charge in [0.2, 0.25) is 0 Å². The van der Waals surface area contributed by atoms with Crippen molar-refractivity contribution in [1.29, 1.82) is 0 Å². The molecule has 100 valence electrons. The molecule has 0 heterocycles. The highest BCUT2D eigenvalue weighted by atomic mass is 16.5. The Morgan fingerprint density at radius 2 is 1.76 bits per heavy atom. The zero-order chi connectivity index (χ0) is 12.9. The van der Waals surface area contributed by atoms with E-state index < -0.39 is 11.4 Å². The minimum absolute atomic E-state index is 0.325. The summed E-state index contributed by atoms with van der Waals surface area (Å²) in [5, 5.41) is 9.48. The highest BCUT2D eigenvalue weighted by Gasteiger charge is 2.43. The SMILES string of the molecule is COCCCCC1(C(=O)O)CCC(C)(C)CC1. The van der Waals surface area contributed by atoms with Crippen molar-refractivity contribution in [2.75, 3.05) is 13.7 Å². The summed E-state index contributed by atoms with van der Waals surface area (Å²) in [5.74, 6) is -0.592. The topological polar surface area (TPSA) is 46.5 Å². The summed E-state index contributed by atoms with van der Waals surface area (Å²) in [6.45, 7) is 5.22. The van der Waals surface area contributed by atoms with Crippen LogP contribution in [0.25, 0.3) is 0 Å². The van der Waals surface area contributed by atoms with Crippen molar-refractivity contribution < 1.29 is 14.6 Å². The molecular formula is C14H26O3. The van der Waals surface area contributed by atoms with Crippen LogP contribution in [0.5, 0.6) is 0 Å². The quantitative estimate of drug-likeness (QED) is 0.725. The van der Waals surface area contributed by atoms with Gasteiger partial charge in [0, 0.05) is 13.7 Å². The number of unbranched alkanes of at least 4 members (excludes halogenated alkanes) is 1. The van der Waals surface area contributed by atoms with Crippen LogP contribution in [0.3, 0.4) is 0 Å². The first-order valence-electron chi connectivity index (χ1n) is 6.64. The number of hydrogen-bond donors (Lipinski definition) is 1. The van der Waals surface area contributed by atoms with Crippen molar-refractivity contribution in [3.63, 3.8) is 0 Å². The van der Waals surface area contributed by atoms with Crippen LogP contribution in [0.1, 0.15) is 58.8 Å². The second kappa shape index (κ2) is 5.85. The third-order valence-electron chi connectivity index (χ3n) is 4.27. The maximum atomic E-state index is 11.5. The van der Waals surface area contributed by atoms with Crippen LogP contribution in [0, 0.1) is 10.8 Å². The smallest absolute Gasteiger partial charge is 0.309 e. The number of carboxylic acids is 1. The van der Waals surface area contributed by atoms with E-state index in [0.29, 0.717) is 5.41 Å². The van der Waals surface area contributed by atoms with Crippen LogP contribution >= 0.6 is 0 Å². The standard InChI is InChI=1S/C14H26O3/c1-13(2)7-9-14(10-8-13,12(15)16)6-4-5-11-17-3/h4-11H2,1-3H3,(H,15,16). The van der Waals surface area contributed by atoms with E-state index in [-0.39, 0.29) is 0 Å². The summed E-state index contributed by atoms with van der Waals surface area (Å²) in [7, 11) is 1.69. The van der Waals surface area contributed by atoms with Gasteiger partial charge in [-0.15, -0.1) is 0 Å². The Morgan fingerprint density at radius 1 is 1.18 bits per heavy atom. The molecule has 0 aromatic carbocycles. The molecule has 0 atom stereocenters. The Bertz CT molecular complexity index is 248. The average Bonchev–Trinajstić information content (AvgIpc) is 2.26. The van der Waals surface area contributed by atoms with E-state index in [1.165, 1.54) is 0 Å². The molecule has 1 rings (SSSR count). The molecule has 0 saturated heterocycles. The van der Waals surface area contributed by atoms with E-state index in [9.17, 15) is 9.90 Å². The summed E-state index contributed by atoms with van der Waals surface area (Å²) in [6.07, 6.45) is 6.47. The van der Waals surface area contributed by atoms with E-state index >= 15 is 0 Å². The fourth-order valence-corrected chi connectivity index (χ4v) is 2.69. The molecule has 0 amide bonds. The zero-order valence-corrected chi connectivity index (χ0v) is 11.4. The summed E-state index contributed by atoms with van der Waals surface area (Å²) in [5.41, 5.74) is -0.130. The molecule has 0 unspecified atom stereocenters. The third kappa shape index (κ3) is 3.98. The summed E-state index contributed by atoms with van der Waals surface area (Å²) < 4.78 is 5.01. The van der Waals surface area contributed by atoms with Crippen LogP contribution in [-0.2, 0) is 9.53 Å². The number of methoxy groups -OCH3 is 1. The first-order valence-corrected chi connectivity index (χ1v) is 6.64. The van der Waals surface area contributed by atoms with E-state index in [0.717, 1.165) is 51.6 Å². The van der Waals surface area contributed by atoms with Gasteiger partial charge in [-0.3, -0.25) is 4.79 Å². The number of rotatable bonds is 6. The minimum Gasteiger partial charge on any atom is -0.481 e. The Kier molecular flexibility index (Phi) is 4.99. The highest BCUT2D eigenvalue weighted by molar-refractivity contribution is 5.74. The predicted molar refractivity (Wildman–Crippen MR) is 68.0 cm³/mol. The first kappa shape index (κ1) is 14.5. The van der Waals surface area contributed by atoms with Gasteiger partial charge in [-0.2, -0.15) is 0 Å². The number of hydrogen-bond acceptors (Lipinski definition) is 2. The van der Waals surface area contributed by atoms with Gasteiger partial charge in [0.05, 0.1) is 5.41 Å². The van der Waals surface area contributed by atoms with Crippen LogP contribution < -0.4 is 0 Å². The van der Waals surface area contributed by atoms with Gasteiger partial charge in [0.1, 0.15) is 0 Å². The fraction of sp³-hybridized carbons (Fsp3) is 0.929. The maximum absolute atomic E-state index is 11.5. The van der Waals surface area contributed by atoms with Gasteiger partial charge in [-0.05, 0) is 43.9 Å². The van der Waals surface area contributed by atoms with Crippen molar-refractivity contribution in [3.05, 3.63) is 0 Å². The van der Waals surface area contributed by atoms with Gasteiger partial charge >= 0.3 is 5.97 Å². The molecule has 3 heteroatoms. The first-order chi connectivity index (χ1) is 7.92. The molecule has 0 aromatic rings. The molecule has 0 aliphatic heterocycles. The molecule has 17 heavy (non-hydrogen) atoms. The van der Waals surface area contributed by atoms with Gasteiger partial charge < -0.3 is 9.84 Å². The largest absolute Gasteiger partial charge is 0.481 e. The average molecular weight is 242 g/mol. The Balaban J connectivity index is 2.50. The minimum atomic E-state index is -0.592. The molecule has 3 nitrogen and oxygen atoms in total. The lowest BCUT2D eigenvalue weighted by Crippen LogP contribution is -2.37. The van der Waals surface area contributed by atoms with E-state index in [2.05, 4.69) is 13.8 Å². The van der Waals surface area contributed by atoms with E-state index in [4.69, 9.17) is 4.74 Å². The lowest BCUT2D eigenvalue weighted by molar-refractivity contribution is -0.153. The predicted octanol–water partition coefficient (Wildman–Crippen LogP) is 3.47. The van der Waals surface area contributed by atoms with Crippen molar-refractivity contribution in [3.8, 4) is 0 Å². The number of carboxylic acid groups (broad SMARTS) is 1. The van der Waals surface area contributed by atoms with Crippen LogP contribution in [0.4, 0.5) is 0 Å². The Morgan fingerprint density at radius 3 is 2.24 bits per heavy atom. The van der Waals surface area contributed by atoms with Crippen LogP contribution in [0.15, 0.2) is 0 Å². The van der Waals surface area contributed by atoms with Gasteiger partial charge in [0.15, 0.2) is 0 Å². The summed E-state index contributed by atoms with van der Waals surface area (Å²) in [4.78, 5) is 11.5. The van der Waals surface area contributed by atoms with Crippen molar-refractivity contribution in [2.24, 2.45) is 10.8 Å². The van der Waals surface area contributed by atoms with Crippen molar-refractivity contribution >= 4 is 5.97 Å². The summed E-state index contributed by atoms with van der Waals surface area (Å²) in [6, 6.07) is 0. The van der Waals surface area contributed by atoms with Gasteiger partial charge in [-0.25, -0.2) is 0 Å². The van der Waals surface area contributed by atoms with Crippen molar-refractivity contribution in [1.82, 2.24) is 0 Å². The number of aliphatic carboxylic acids is 1. The van der Waals surface area contributed by atoms with Crippen molar-refractivity contribution in [2.45, 2.75) is 58.8 Å². The third-order valence-corrected chi connectivity index (χ3v) is 4.27. The molecule has 1 N–H and O–H groups in total. The molecule has 0 spiro atoms. The Labute approximate surface area is 105 Å². The molecule has 1 fully saturated rings. The summed E-state index contributed by atoms with van der Waals surface area (Å²) >= 11 is 0. The van der Waals surface area contributed by atoms with E-state index in [1.54, 1.807) is 7.11 Å². The molecular weight excluding hydrogens is 216 g/mol. The fourth-order valence-electron chi connectivity index (χ4n) is 2.69. The van der Waals surface area contributed by atoms with Gasteiger partial charge in [0.25, 0.3) is 0 Å².